The number of ketones is 1. The van der Waals surface area contributed by atoms with E-state index in [2.05, 4.69) is 4.99 Å². The Kier molecular flexibility index (Phi) is 7.00. The molecule has 0 aromatic heterocycles. The Hall–Kier alpha value is -3.52. The van der Waals surface area contributed by atoms with E-state index in [4.69, 9.17) is 21.1 Å². The van der Waals surface area contributed by atoms with Gasteiger partial charge in [0.25, 0.3) is 5.69 Å². The van der Waals surface area contributed by atoms with E-state index < -0.39 is 22.7 Å². The molecule has 1 aliphatic carbocycles. The highest BCUT2D eigenvalue weighted by molar-refractivity contribution is 6.32. The largest absolute Gasteiger partial charge is 0.497 e. The van der Waals surface area contributed by atoms with Gasteiger partial charge in [-0.15, -0.1) is 0 Å². The summed E-state index contributed by atoms with van der Waals surface area (Å²) in [5.41, 5.74) is 2.00. The Labute approximate surface area is 214 Å². The summed E-state index contributed by atoms with van der Waals surface area (Å²) in [7, 11) is 1.57. The molecule has 0 N–H and O–H groups in total. The molecule has 4 rings (SSSR count). The van der Waals surface area contributed by atoms with Crippen LogP contribution in [0.5, 0.6) is 5.75 Å². The topological polar surface area (TPSA) is 108 Å². The van der Waals surface area contributed by atoms with Gasteiger partial charge in [-0.25, -0.2) is 4.79 Å². The number of ether oxygens (including phenoxy) is 2. The molecule has 2 aliphatic rings. The van der Waals surface area contributed by atoms with Crippen LogP contribution in [0.25, 0.3) is 0 Å². The number of benzene rings is 2. The Morgan fingerprint density at radius 1 is 1.17 bits per heavy atom. The van der Waals surface area contributed by atoms with Crippen molar-refractivity contribution in [2.75, 3.05) is 7.11 Å². The molecule has 0 spiro atoms. The smallest absolute Gasteiger partial charge is 0.336 e. The number of methoxy groups -OCH3 is 1. The zero-order valence-corrected chi connectivity index (χ0v) is 21.3. The molecule has 2 atom stereocenters. The third-order valence-electron chi connectivity index (χ3n) is 6.64. The van der Waals surface area contributed by atoms with Gasteiger partial charge in [-0.1, -0.05) is 43.6 Å². The van der Waals surface area contributed by atoms with Crippen molar-refractivity contribution in [3.63, 3.8) is 0 Å². The van der Waals surface area contributed by atoms with Gasteiger partial charge in [0, 0.05) is 29.8 Å². The Morgan fingerprint density at radius 2 is 1.86 bits per heavy atom. The van der Waals surface area contributed by atoms with Crippen LogP contribution in [0, 0.1) is 21.4 Å². The number of nitro groups is 1. The predicted molar refractivity (Wildman–Crippen MR) is 135 cm³/mol. The van der Waals surface area contributed by atoms with Crippen molar-refractivity contribution in [3.05, 3.63) is 80.0 Å². The van der Waals surface area contributed by atoms with Crippen molar-refractivity contribution in [2.24, 2.45) is 16.3 Å². The lowest BCUT2D eigenvalue weighted by atomic mass is 9.63. The van der Waals surface area contributed by atoms with E-state index in [-0.39, 0.29) is 34.1 Å². The van der Waals surface area contributed by atoms with Crippen LogP contribution in [-0.4, -0.2) is 29.5 Å². The molecule has 1 saturated carbocycles. The summed E-state index contributed by atoms with van der Waals surface area (Å²) in [5.74, 6) is -1.46. The second-order valence-electron chi connectivity index (χ2n) is 9.93. The fourth-order valence-corrected chi connectivity index (χ4v) is 5.22. The van der Waals surface area contributed by atoms with Gasteiger partial charge in [0.05, 0.1) is 23.5 Å². The molecular formula is C27H27ClN2O6. The first kappa shape index (κ1) is 25.6. The molecule has 0 amide bonds. The minimum Gasteiger partial charge on any atom is -0.497 e. The van der Waals surface area contributed by atoms with Gasteiger partial charge in [0.15, 0.2) is 0 Å². The third kappa shape index (κ3) is 5.04. The van der Waals surface area contributed by atoms with Crippen molar-refractivity contribution in [2.45, 2.75) is 46.1 Å². The first-order valence-electron chi connectivity index (χ1n) is 11.6. The van der Waals surface area contributed by atoms with Crippen molar-refractivity contribution >= 4 is 34.8 Å². The number of halogens is 1. The number of esters is 1. The number of nitrogens with zero attached hydrogens (tertiary/aromatic N) is 2. The molecule has 8 nitrogen and oxygen atoms in total. The van der Waals surface area contributed by atoms with Gasteiger partial charge in [-0.3, -0.25) is 19.9 Å². The third-order valence-corrected chi connectivity index (χ3v) is 6.96. The number of hydrogen-bond donors (Lipinski definition) is 0. The van der Waals surface area contributed by atoms with Crippen LogP contribution >= 0.6 is 11.6 Å². The number of hydrogen-bond acceptors (Lipinski definition) is 7. The molecule has 1 heterocycles. The molecule has 0 radical (unpaired) electrons. The lowest BCUT2D eigenvalue weighted by Gasteiger charge is -2.41. The van der Waals surface area contributed by atoms with E-state index in [0.717, 1.165) is 5.56 Å². The molecule has 0 bridgehead atoms. The quantitative estimate of drug-likeness (QED) is 0.275. The summed E-state index contributed by atoms with van der Waals surface area (Å²) in [4.78, 5) is 42.5. The highest BCUT2D eigenvalue weighted by Crippen LogP contribution is 2.47. The molecule has 36 heavy (non-hydrogen) atoms. The maximum absolute atomic E-state index is 13.4. The summed E-state index contributed by atoms with van der Waals surface area (Å²) in [6.45, 7) is 5.72. The van der Waals surface area contributed by atoms with E-state index in [0.29, 0.717) is 35.6 Å². The van der Waals surface area contributed by atoms with E-state index >= 15 is 0 Å². The standard InChI is InChI=1S/C27H27ClN2O6/c1-15-23(26(32)36-14-16-5-8-18(35-4)9-6-16)24(17-7-10-19(28)21(11-17)30(33)34)25-20(29-15)12-27(2,3)13-22(25)31/h5-11,24-25H,12-14H2,1-4H3. The van der Waals surface area contributed by atoms with Crippen molar-refractivity contribution in [1.29, 1.82) is 0 Å². The highest BCUT2D eigenvalue weighted by atomic mass is 35.5. The summed E-state index contributed by atoms with van der Waals surface area (Å²) < 4.78 is 10.8. The number of Topliss-reactive ketones (excluding diaryl/α,β-unsaturated/α-hetero) is 1. The van der Waals surface area contributed by atoms with E-state index in [9.17, 15) is 19.7 Å². The number of allylic oxidation sites excluding steroid dienone is 1. The molecular weight excluding hydrogens is 484 g/mol. The maximum atomic E-state index is 13.4. The SMILES string of the molecule is COc1ccc(COC(=O)C2=C(C)N=C3CC(C)(C)CC(=O)C3C2c2ccc(Cl)c([N+](=O)[O-])c2)cc1. The van der Waals surface area contributed by atoms with Gasteiger partial charge in [0.1, 0.15) is 23.2 Å². The number of carbonyl (C=O) groups is 2. The lowest BCUT2D eigenvalue weighted by molar-refractivity contribution is -0.384. The first-order valence-corrected chi connectivity index (χ1v) is 11.9. The van der Waals surface area contributed by atoms with Crippen LogP contribution < -0.4 is 4.74 Å². The zero-order chi connectivity index (χ0) is 26.2. The normalized spacial score (nSPS) is 20.9. The number of rotatable bonds is 6. The predicted octanol–water partition coefficient (Wildman–Crippen LogP) is 5.82. The number of carbonyl (C=O) groups excluding carboxylic acids is 2. The fourth-order valence-electron chi connectivity index (χ4n) is 5.03. The molecule has 2 aromatic carbocycles. The minimum absolute atomic E-state index is 0.00923. The van der Waals surface area contributed by atoms with Crippen molar-refractivity contribution in [3.8, 4) is 5.75 Å². The van der Waals surface area contributed by atoms with Crippen molar-refractivity contribution in [1.82, 2.24) is 0 Å². The zero-order valence-electron chi connectivity index (χ0n) is 20.5. The van der Waals surface area contributed by atoms with Crippen LogP contribution in [0.2, 0.25) is 5.02 Å². The highest BCUT2D eigenvalue weighted by Gasteiger charge is 2.48. The van der Waals surface area contributed by atoms with Gasteiger partial charge >= 0.3 is 5.97 Å². The van der Waals surface area contributed by atoms with Gasteiger partial charge < -0.3 is 9.47 Å². The summed E-state index contributed by atoms with van der Waals surface area (Å²) >= 11 is 6.06. The van der Waals surface area contributed by atoms with Crippen LogP contribution in [0.1, 0.15) is 50.7 Å². The maximum Gasteiger partial charge on any atom is 0.336 e. The van der Waals surface area contributed by atoms with E-state index in [1.54, 1.807) is 44.4 Å². The first-order chi connectivity index (χ1) is 17.0. The number of aliphatic imine (C=N–C) groups is 1. The second kappa shape index (κ2) is 9.85. The van der Waals surface area contributed by atoms with Crippen molar-refractivity contribution < 1.29 is 24.0 Å². The summed E-state index contributed by atoms with van der Waals surface area (Å²) in [6.07, 6.45) is 0.900. The summed E-state index contributed by atoms with van der Waals surface area (Å²) in [6, 6.07) is 11.5. The van der Waals surface area contributed by atoms with Crippen LogP contribution in [0.4, 0.5) is 5.69 Å². The van der Waals surface area contributed by atoms with Gasteiger partial charge in [-0.05, 0) is 48.1 Å². The van der Waals surface area contributed by atoms with Crippen LogP contribution in [-0.2, 0) is 20.9 Å². The van der Waals surface area contributed by atoms with Gasteiger partial charge in [0.2, 0.25) is 0 Å². The Balaban J connectivity index is 1.75. The molecule has 188 valence electrons. The summed E-state index contributed by atoms with van der Waals surface area (Å²) in [5, 5.41) is 11.6. The average molecular weight is 511 g/mol. The molecule has 1 fully saturated rings. The molecule has 1 aliphatic heterocycles. The van der Waals surface area contributed by atoms with Gasteiger partial charge in [-0.2, -0.15) is 0 Å². The Bertz CT molecular complexity index is 1300. The van der Waals surface area contributed by atoms with E-state index in [1.165, 1.54) is 12.1 Å². The average Bonchev–Trinajstić information content (AvgIpc) is 2.81. The van der Waals surface area contributed by atoms with E-state index in [1.807, 2.05) is 13.8 Å². The molecule has 0 saturated heterocycles. The molecule has 9 heteroatoms. The van der Waals surface area contributed by atoms with Crippen LogP contribution in [0.3, 0.4) is 0 Å². The van der Waals surface area contributed by atoms with Crippen LogP contribution in [0.15, 0.2) is 58.7 Å². The minimum atomic E-state index is -0.763. The molecule has 2 unspecified atom stereocenters. The Morgan fingerprint density at radius 3 is 2.50 bits per heavy atom. The number of fused-ring (bicyclic) bond motifs is 1. The second-order valence-corrected chi connectivity index (χ2v) is 10.3. The lowest BCUT2D eigenvalue weighted by Crippen LogP contribution is -2.44. The monoisotopic (exact) mass is 510 g/mol. The molecule has 2 aromatic rings. The fraction of sp³-hybridized carbons (Fsp3) is 0.370. The number of nitro benzene ring substituents is 1.